The molecule has 0 aliphatic rings. The summed E-state index contributed by atoms with van der Waals surface area (Å²) in [6.45, 7) is 5.61. The minimum Gasteiger partial charge on any atom is -0.305 e. The van der Waals surface area contributed by atoms with Crippen molar-refractivity contribution in [3.8, 4) is 0 Å². The molecule has 2 aromatic carbocycles. The van der Waals surface area contributed by atoms with E-state index in [9.17, 15) is 13.2 Å². The van der Waals surface area contributed by atoms with E-state index in [4.69, 9.17) is 11.6 Å². The van der Waals surface area contributed by atoms with Crippen molar-refractivity contribution in [1.29, 1.82) is 0 Å². The van der Waals surface area contributed by atoms with E-state index >= 15 is 0 Å². The molecule has 0 spiro atoms. The Labute approximate surface area is 188 Å². The molecule has 0 saturated carbocycles. The van der Waals surface area contributed by atoms with E-state index in [0.29, 0.717) is 21.7 Å². The number of hydrogen-bond donors (Lipinski definition) is 4. The lowest BCUT2D eigenvalue weighted by Crippen LogP contribution is -2.33. The smallest absolute Gasteiger partial charge is 0.305 e. The van der Waals surface area contributed by atoms with E-state index < -0.39 is 16.1 Å². The molecule has 0 radical (unpaired) electrons. The number of amides is 2. The lowest BCUT2D eigenvalue weighted by atomic mass is 10.2. The summed E-state index contributed by atoms with van der Waals surface area (Å²) in [4.78, 5) is 16.4. The van der Waals surface area contributed by atoms with Gasteiger partial charge in [0.25, 0.3) is 10.0 Å². The number of aryl methyl sites for hydroxylation is 1. The Morgan fingerprint density at radius 3 is 2.68 bits per heavy atom. The van der Waals surface area contributed by atoms with E-state index in [2.05, 4.69) is 36.8 Å². The lowest BCUT2D eigenvalue weighted by Gasteiger charge is -2.10. The molecule has 2 amide bonds. The van der Waals surface area contributed by atoms with Crippen molar-refractivity contribution in [2.75, 3.05) is 10.7 Å². The first-order valence-electron chi connectivity index (χ1n) is 8.90. The van der Waals surface area contributed by atoms with E-state index in [-0.39, 0.29) is 17.0 Å². The number of aromatic nitrogens is 2. The van der Waals surface area contributed by atoms with Crippen molar-refractivity contribution in [1.82, 2.24) is 19.5 Å². The average molecular weight is 479 g/mol. The first-order chi connectivity index (χ1) is 14.7. The number of anilines is 2. The summed E-state index contributed by atoms with van der Waals surface area (Å²) >= 11 is 7.05. The number of carbonyl (C=O) groups excluding carboxylic acids is 1. The van der Waals surface area contributed by atoms with Crippen molar-refractivity contribution < 1.29 is 13.2 Å². The number of urea groups is 1. The maximum atomic E-state index is 12.3. The van der Waals surface area contributed by atoms with Crippen LogP contribution in [0, 0.1) is 6.92 Å². The Morgan fingerprint density at radius 2 is 1.94 bits per heavy atom. The average Bonchev–Trinajstić information content (AvgIpc) is 3.16. The summed E-state index contributed by atoms with van der Waals surface area (Å²) in [7, 11) is -3.72. The maximum absolute atomic E-state index is 12.3. The van der Waals surface area contributed by atoms with Crippen LogP contribution in [0.4, 0.5) is 15.6 Å². The predicted molar refractivity (Wildman–Crippen MR) is 121 cm³/mol. The molecular weight excluding hydrogens is 460 g/mol. The SMILES string of the molecule is C=C(Cc1nsc(NNC(=O)Nc2cc(C)ccc2Cl)n1)NS(=O)(=O)c1ccccc1. The van der Waals surface area contributed by atoms with Crippen LogP contribution in [0.1, 0.15) is 11.4 Å². The monoisotopic (exact) mass is 478 g/mol. The predicted octanol–water partition coefficient (Wildman–Crippen LogP) is 3.68. The van der Waals surface area contributed by atoms with Crippen LogP contribution < -0.4 is 20.9 Å². The van der Waals surface area contributed by atoms with Gasteiger partial charge in [0.1, 0.15) is 0 Å². The molecule has 12 heteroatoms. The fourth-order valence-electron chi connectivity index (χ4n) is 2.45. The van der Waals surface area contributed by atoms with Crippen LogP contribution in [0.2, 0.25) is 5.02 Å². The highest BCUT2D eigenvalue weighted by Crippen LogP contribution is 2.22. The first kappa shape index (κ1) is 22.5. The van der Waals surface area contributed by atoms with Gasteiger partial charge in [-0.2, -0.15) is 4.37 Å². The van der Waals surface area contributed by atoms with Crippen LogP contribution >= 0.6 is 23.1 Å². The molecule has 0 unspecified atom stereocenters. The van der Waals surface area contributed by atoms with Gasteiger partial charge in [-0.1, -0.05) is 42.4 Å². The molecule has 1 aromatic heterocycles. The van der Waals surface area contributed by atoms with E-state index in [1.807, 2.05) is 13.0 Å². The van der Waals surface area contributed by atoms with Crippen molar-refractivity contribution in [3.63, 3.8) is 0 Å². The minimum absolute atomic E-state index is 0.0926. The second-order valence-corrected chi connectivity index (χ2v) is 9.24. The molecule has 4 N–H and O–H groups in total. The number of benzene rings is 2. The number of hydrogen-bond acceptors (Lipinski definition) is 7. The van der Waals surface area contributed by atoms with Gasteiger partial charge in [-0.3, -0.25) is 10.1 Å². The lowest BCUT2D eigenvalue weighted by molar-refractivity contribution is 0.254. The number of nitrogens with one attached hydrogen (secondary N) is 4. The number of hydrazine groups is 1. The van der Waals surface area contributed by atoms with Gasteiger partial charge in [-0.05, 0) is 36.8 Å². The molecule has 0 fully saturated rings. The molecule has 162 valence electrons. The molecule has 0 aliphatic carbocycles. The van der Waals surface area contributed by atoms with Gasteiger partial charge in [-0.15, -0.1) is 0 Å². The molecule has 3 aromatic rings. The summed E-state index contributed by atoms with van der Waals surface area (Å²) in [6, 6.07) is 12.7. The second-order valence-electron chi connectivity index (χ2n) is 6.40. The molecule has 0 aliphatic heterocycles. The molecule has 3 rings (SSSR count). The van der Waals surface area contributed by atoms with Gasteiger partial charge in [0.2, 0.25) is 5.13 Å². The zero-order chi connectivity index (χ0) is 22.4. The third kappa shape index (κ3) is 6.41. The zero-order valence-electron chi connectivity index (χ0n) is 16.3. The van der Waals surface area contributed by atoms with Gasteiger partial charge in [-0.25, -0.2) is 23.6 Å². The fourth-order valence-corrected chi connectivity index (χ4v) is 4.24. The van der Waals surface area contributed by atoms with E-state index in [1.54, 1.807) is 30.3 Å². The molecule has 0 saturated heterocycles. The number of nitrogens with zero attached hydrogens (tertiary/aromatic N) is 2. The van der Waals surface area contributed by atoms with Gasteiger partial charge in [0, 0.05) is 23.7 Å². The summed E-state index contributed by atoms with van der Waals surface area (Å²) in [5, 5.41) is 3.35. The largest absolute Gasteiger partial charge is 0.337 e. The number of halogens is 1. The minimum atomic E-state index is -3.72. The molecular formula is C19H19ClN6O3S2. The topological polar surface area (TPSA) is 125 Å². The summed E-state index contributed by atoms with van der Waals surface area (Å²) in [5.74, 6) is 0.345. The van der Waals surface area contributed by atoms with E-state index in [1.165, 1.54) is 12.1 Å². The highest BCUT2D eigenvalue weighted by Gasteiger charge is 2.15. The molecule has 9 nitrogen and oxygen atoms in total. The van der Waals surface area contributed by atoms with Crippen LogP contribution in [0.25, 0.3) is 0 Å². The summed E-state index contributed by atoms with van der Waals surface area (Å²) < 4.78 is 31.2. The third-order valence-electron chi connectivity index (χ3n) is 3.82. The van der Waals surface area contributed by atoms with Crippen molar-refractivity contribution in [2.24, 2.45) is 0 Å². The number of sulfonamides is 1. The summed E-state index contributed by atoms with van der Waals surface area (Å²) in [5.41, 5.74) is 6.71. The molecule has 0 atom stereocenters. The van der Waals surface area contributed by atoms with E-state index in [0.717, 1.165) is 17.1 Å². The van der Waals surface area contributed by atoms with Crippen molar-refractivity contribution >= 4 is 50.0 Å². The van der Waals surface area contributed by atoms with Gasteiger partial charge >= 0.3 is 6.03 Å². The normalized spacial score (nSPS) is 10.9. The molecule has 31 heavy (non-hydrogen) atoms. The molecule has 0 bridgehead atoms. The number of rotatable bonds is 8. The Morgan fingerprint density at radius 1 is 1.19 bits per heavy atom. The van der Waals surface area contributed by atoms with Crippen LogP contribution in [0.5, 0.6) is 0 Å². The highest BCUT2D eigenvalue weighted by molar-refractivity contribution is 7.89. The third-order valence-corrected chi connectivity index (χ3v) is 6.27. The number of carbonyl (C=O) groups is 1. The van der Waals surface area contributed by atoms with Gasteiger partial charge in [0.05, 0.1) is 15.6 Å². The van der Waals surface area contributed by atoms with Crippen molar-refractivity contribution in [3.05, 3.63) is 77.2 Å². The number of allylic oxidation sites excluding steroid dienone is 1. The fraction of sp³-hybridized carbons (Fsp3) is 0.105. The quantitative estimate of drug-likeness (QED) is 0.366. The maximum Gasteiger partial charge on any atom is 0.337 e. The van der Waals surface area contributed by atoms with Gasteiger partial charge in [0.15, 0.2) is 5.82 Å². The Balaban J connectivity index is 1.51. The zero-order valence-corrected chi connectivity index (χ0v) is 18.7. The van der Waals surface area contributed by atoms with Crippen LogP contribution in [-0.2, 0) is 16.4 Å². The molecule has 1 heterocycles. The van der Waals surface area contributed by atoms with Crippen LogP contribution in [0.3, 0.4) is 0 Å². The highest BCUT2D eigenvalue weighted by atomic mass is 35.5. The van der Waals surface area contributed by atoms with Crippen LogP contribution in [-0.4, -0.2) is 23.8 Å². The Bertz CT molecular complexity index is 1200. The standard InChI is InChI=1S/C19H19ClN6O3S2/c1-12-8-9-15(20)16(10-12)21-18(27)23-24-19-22-17(25-30-19)11-13(2)26-31(28,29)14-6-4-3-5-7-14/h3-10,26H,2,11H2,1H3,(H2,21,23,27)(H,22,24,25). The Hall–Kier alpha value is -3.15. The first-order valence-corrected chi connectivity index (χ1v) is 11.5. The van der Waals surface area contributed by atoms with Gasteiger partial charge < -0.3 is 5.32 Å². The second kappa shape index (κ2) is 9.77. The van der Waals surface area contributed by atoms with Crippen LogP contribution in [0.15, 0.2) is 65.7 Å². The van der Waals surface area contributed by atoms with Crippen molar-refractivity contribution in [2.45, 2.75) is 18.2 Å². The Kier molecular flexibility index (Phi) is 7.10. The summed E-state index contributed by atoms with van der Waals surface area (Å²) in [6.07, 6.45) is 0.0926.